The number of hydrogen-bond acceptors (Lipinski definition) is 3. The molecule has 1 fully saturated rings. The van der Waals surface area contributed by atoms with E-state index in [1.54, 1.807) is 4.90 Å². The molecule has 0 aliphatic carbocycles. The van der Waals surface area contributed by atoms with E-state index in [4.69, 9.17) is 5.73 Å². The lowest BCUT2D eigenvalue weighted by molar-refractivity contribution is -0.137. The molecule has 1 saturated heterocycles. The van der Waals surface area contributed by atoms with Gasteiger partial charge in [0.15, 0.2) is 0 Å². The van der Waals surface area contributed by atoms with Gasteiger partial charge in [-0.25, -0.2) is 0 Å². The Morgan fingerprint density at radius 1 is 1.39 bits per heavy atom. The Morgan fingerprint density at radius 3 is 2.65 bits per heavy atom. The van der Waals surface area contributed by atoms with E-state index in [-0.39, 0.29) is 23.7 Å². The molecule has 2 amide bonds. The topological polar surface area (TPSA) is 66.6 Å². The zero-order valence-electron chi connectivity index (χ0n) is 12.7. The molecular formula is C15H18F3N3O2. The third-order valence-electron chi connectivity index (χ3n) is 3.83. The Balaban J connectivity index is 2.08. The molecule has 1 aromatic rings. The lowest BCUT2D eigenvalue weighted by atomic mass is 10.1. The normalized spacial score (nSPS) is 15.1. The molecule has 1 aromatic carbocycles. The van der Waals surface area contributed by atoms with Gasteiger partial charge >= 0.3 is 6.18 Å². The Kier molecular flexibility index (Phi) is 4.82. The maximum atomic E-state index is 12.7. The number of hydrogen-bond donors (Lipinski definition) is 1. The number of carbonyl (C=O) groups is 2. The Hall–Kier alpha value is -2.25. The Morgan fingerprint density at radius 2 is 2.09 bits per heavy atom. The minimum absolute atomic E-state index is 0.00732. The molecule has 1 aliphatic heterocycles. The van der Waals surface area contributed by atoms with Crippen LogP contribution in [0.3, 0.4) is 0 Å². The van der Waals surface area contributed by atoms with Crippen molar-refractivity contribution < 1.29 is 22.8 Å². The second-order valence-corrected chi connectivity index (χ2v) is 5.51. The van der Waals surface area contributed by atoms with Gasteiger partial charge in [-0.1, -0.05) is 0 Å². The van der Waals surface area contributed by atoms with Crippen molar-refractivity contribution in [3.8, 4) is 0 Å². The molecule has 126 valence electrons. The van der Waals surface area contributed by atoms with Crippen molar-refractivity contribution in [3.63, 3.8) is 0 Å². The van der Waals surface area contributed by atoms with Crippen LogP contribution in [0.4, 0.5) is 18.9 Å². The maximum absolute atomic E-state index is 12.7. The summed E-state index contributed by atoms with van der Waals surface area (Å²) in [4.78, 5) is 26.7. The number of nitrogen functional groups attached to an aromatic ring is 1. The van der Waals surface area contributed by atoms with Crippen LogP contribution in [0.5, 0.6) is 0 Å². The number of benzene rings is 1. The number of amides is 2. The molecule has 0 unspecified atom stereocenters. The fourth-order valence-electron chi connectivity index (χ4n) is 2.44. The van der Waals surface area contributed by atoms with Gasteiger partial charge in [0, 0.05) is 38.8 Å². The first kappa shape index (κ1) is 17.1. The van der Waals surface area contributed by atoms with E-state index < -0.39 is 17.6 Å². The number of anilines is 1. The molecule has 0 atom stereocenters. The molecule has 2 N–H and O–H groups in total. The molecule has 1 heterocycles. The summed E-state index contributed by atoms with van der Waals surface area (Å²) < 4.78 is 38.2. The second kappa shape index (κ2) is 6.47. The van der Waals surface area contributed by atoms with Crippen molar-refractivity contribution in [1.82, 2.24) is 9.80 Å². The molecule has 5 nitrogen and oxygen atoms in total. The number of rotatable bonds is 4. The second-order valence-electron chi connectivity index (χ2n) is 5.51. The highest BCUT2D eigenvalue weighted by atomic mass is 19.4. The van der Waals surface area contributed by atoms with Crippen LogP contribution in [-0.2, 0) is 11.0 Å². The van der Waals surface area contributed by atoms with Crippen LogP contribution in [0.1, 0.15) is 28.8 Å². The van der Waals surface area contributed by atoms with Gasteiger partial charge in [-0.3, -0.25) is 9.59 Å². The Bertz CT molecular complexity index is 616. The highest BCUT2D eigenvalue weighted by Gasteiger charge is 2.32. The van der Waals surface area contributed by atoms with E-state index in [9.17, 15) is 22.8 Å². The third-order valence-corrected chi connectivity index (χ3v) is 3.83. The summed E-state index contributed by atoms with van der Waals surface area (Å²) in [5.74, 6) is -0.565. The number of carbonyl (C=O) groups excluding carboxylic acids is 2. The van der Waals surface area contributed by atoms with E-state index in [2.05, 4.69) is 0 Å². The number of likely N-dealkylation sites (N-methyl/N-ethyl adjacent to an activating group) is 1. The first-order chi connectivity index (χ1) is 10.7. The first-order valence-electron chi connectivity index (χ1n) is 7.20. The molecule has 0 bridgehead atoms. The monoisotopic (exact) mass is 329 g/mol. The number of nitrogens with zero attached hydrogens (tertiary/aromatic N) is 2. The molecule has 23 heavy (non-hydrogen) atoms. The lowest BCUT2D eigenvalue weighted by Gasteiger charge is -2.22. The molecule has 0 radical (unpaired) electrons. The van der Waals surface area contributed by atoms with Crippen molar-refractivity contribution in [3.05, 3.63) is 29.3 Å². The highest BCUT2D eigenvalue weighted by molar-refractivity contribution is 5.99. The number of halogens is 3. The number of likely N-dealkylation sites (tertiary alicyclic amines) is 1. The predicted molar refractivity (Wildman–Crippen MR) is 78.6 cm³/mol. The van der Waals surface area contributed by atoms with Crippen molar-refractivity contribution in [2.45, 2.75) is 19.0 Å². The van der Waals surface area contributed by atoms with Crippen LogP contribution in [0.15, 0.2) is 18.2 Å². The van der Waals surface area contributed by atoms with Gasteiger partial charge in [-0.05, 0) is 24.6 Å². The average molecular weight is 329 g/mol. The van der Waals surface area contributed by atoms with Crippen LogP contribution in [0, 0.1) is 0 Å². The summed E-state index contributed by atoms with van der Waals surface area (Å²) in [5, 5.41) is 0. The van der Waals surface area contributed by atoms with Crippen molar-refractivity contribution >= 4 is 17.5 Å². The van der Waals surface area contributed by atoms with Gasteiger partial charge in [0.05, 0.1) is 11.1 Å². The van der Waals surface area contributed by atoms with E-state index >= 15 is 0 Å². The summed E-state index contributed by atoms with van der Waals surface area (Å²) in [5.41, 5.74) is 4.52. The SMILES string of the molecule is CN(CCN1CCCC1=O)C(=O)c1cc(C(F)(F)F)ccc1N. The summed E-state index contributed by atoms with van der Waals surface area (Å²) in [6, 6.07) is 2.68. The summed E-state index contributed by atoms with van der Waals surface area (Å²) >= 11 is 0. The maximum Gasteiger partial charge on any atom is 0.416 e. The van der Waals surface area contributed by atoms with Crippen LogP contribution in [-0.4, -0.2) is 48.3 Å². The summed E-state index contributed by atoms with van der Waals surface area (Å²) in [7, 11) is 1.47. The highest BCUT2D eigenvalue weighted by Crippen LogP contribution is 2.31. The Labute approximate surface area is 131 Å². The van der Waals surface area contributed by atoms with E-state index in [1.807, 2.05) is 0 Å². The smallest absolute Gasteiger partial charge is 0.398 e. The van der Waals surface area contributed by atoms with Gasteiger partial charge in [-0.2, -0.15) is 13.2 Å². The molecule has 0 spiro atoms. The van der Waals surface area contributed by atoms with Crippen LogP contribution >= 0.6 is 0 Å². The van der Waals surface area contributed by atoms with Crippen molar-refractivity contribution in [2.75, 3.05) is 32.4 Å². The van der Waals surface area contributed by atoms with Crippen molar-refractivity contribution in [1.29, 1.82) is 0 Å². The average Bonchev–Trinajstić information content (AvgIpc) is 2.88. The molecule has 0 aromatic heterocycles. The summed E-state index contributed by atoms with van der Waals surface area (Å²) in [6.07, 6.45) is -3.25. The predicted octanol–water partition coefficient (Wildman–Crippen LogP) is 1.98. The molecule has 0 saturated carbocycles. The lowest BCUT2D eigenvalue weighted by Crippen LogP contribution is -2.37. The summed E-state index contributed by atoms with van der Waals surface area (Å²) in [6.45, 7) is 1.24. The zero-order chi connectivity index (χ0) is 17.2. The fourth-order valence-corrected chi connectivity index (χ4v) is 2.44. The van der Waals surface area contributed by atoms with E-state index in [1.165, 1.54) is 11.9 Å². The van der Waals surface area contributed by atoms with Crippen LogP contribution < -0.4 is 5.73 Å². The van der Waals surface area contributed by atoms with Gasteiger partial charge in [-0.15, -0.1) is 0 Å². The van der Waals surface area contributed by atoms with Gasteiger partial charge in [0.1, 0.15) is 0 Å². The largest absolute Gasteiger partial charge is 0.416 e. The van der Waals surface area contributed by atoms with Crippen molar-refractivity contribution in [2.24, 2.45) is 0 Å². The third kappa shape index (κ3) is 3.94. The number of alkyl halides is 3. The minimum atomic E-state index is -4.54. The molecule has 1 aliphatic rings. The minimum Gasteiger partial charge on any atom is -0.398 e. The zero-order valence-corrected chi connectivity index (χ0v) is 12.7. The standard InChI is InChI=1S/C15H18F3N3O2/c1-20(7-8-21-6-2-3-13(21)22)14(23)11-9-10(15(16,17)18)4-5-12(11)19/h4-5,9H,2-3,6-8,19H2,1H3. The molecule has 2 rings (SSSR count). The van der Waals surface area contributed by atoms with Gasteiger partial charge < -0.3 is 15.5 Å². The first-order valence-corrected chi connectivity index (χ1v) is 7.20. The van der Waals surface area contributed by atoms with E-state index in [0.29, 0.717) is 19.5 Å². The van der Waals surface area contributed by atoms with Crippen LogP contribution in [0.25, 0.3) is 0 Å². The molecule has 8 heteroatoms. The van der Waals surface area contributed by atoms with Crippen LogP contribution in [0.2, 0.25) is 0 Å². The van der Waals surface area contributed by atoms with Gasteiger partial charge in [0.25, 0.3) is 5.91 Å². The number of nitrogens with two attached hydrogens (primary N) is 1. The van der Waals surface area contributed by atoms with Gasteiger partial charge in [0.2, 0.25) is 5.91 Å². The fraction of sp³-hybridized carbons (Fsp3) is 0.467. The molecular weight excluding hydrogens is 311 g/mol. The quantitative estimate of drug-likeness (QED) is 0.859. The van der Waals surface area contributed by atoms with E-state index in [0.717, 1.165) is 24.6 Å².